The maximum atomic E-state index is 12.9. The topological polar surface area (TPSA) is 112 Å². The van der Waals surface area contributed by atoms with Gasteiger partial charge in [0.25, 0.3) is 0 Å². The number of aryl methyl sites for hydroxylation is 2. The molecule has 1 N–H and O–H groups in total. The number of para-hydroxylation sites is 1. The molecule has 9 nitrogen and oxygen atoms in total. The molecule has 3 aromatic heterocycles. The van der Waals surface area contributed by atoms with Gasteiger partial charge in [-0.3, -0.25) is 4.79 Å². The summed E-state index contributed by atoms with van der Waals surface area (Å²) in [6.07, 6.45) is 0.558. The normalized spacial score (nSPS) is 12.2. The number of amides is 1. The van der Waals surface area contributed by atoms with Gasteiger partial charge in [-0.2, -0.15) is 0 Å². The van der Waals surface area contributed by atoms with E-state index >= 15 is 0 Å². The lowest BCUT2D eigenvalue weighted by molar-refractivity contribution is -0.115. The van der Waals surface area contributed by atoms with Gasteiger partial charge in [0.15, 0.2) is 10.8 Å². The Kier molecular flexibility index (Phi) is 6.38. The molecule has 0 bridgehead atoms. The number of nitrogens with zero attached hydrogens (tertiary/aromatic N) is 5. The molecular weight excluding hydrogens is 448 g/mol. The van der Waals surface area contributed by atoms with Crippen LogP contribution in [0.2, 0.25) is 0 Å². The molecule has 1 atom stereocenters. The number of carbonyl (C=O) groups is 2. The molecule has 0 fully saturated rings. The zero-order valence-corrected chi connectivity index (χ0v) is 19.7. The number of hydrogen-bond donors (Lipinski definition) is 1. The Bertz CT molecular complexity index is 1320. The van der Waals surface area contributed by atoms with Crippen LogP contribution in [0.1, 0.15) is 35.6 Å². The monoisotopic (exact) mass is 470 g/mol. The second-order valence-electron chi connectivity index (χ2n) is 7.00. The summed E-state index contributed by atoms with van der Waals surface area (Å²) in [5, 5.41) is 12.7. The van der Waals surface area contributed by atoms with Crippen molar-refractivity contribution < 1.29 is 14.3 Å². The molecule has 0 aliphatic rings. The average molecular weight is 471 g/mol. The van der Waals surface area contributed by atoms with Gasteiger partial charge in [-0.15, -0.1) is 10.2 Å². The van der Waals surface area contributed by atoms with Crippen molar-refractivity contribution in [1.82, 2.24) is 24.7 Å². The van der Waals surface area contributed by atoms with E-state index in [2.05, 4.69) is 25.5 Å². The Morgan fingerprint density at radius 2 is 2.00 bits per heavy atom. The number of thioether (sulfide) groups is 1. The first kappa shape index (κ1) is 22.2. The summed E-state index contributed by atoms with van der Waals surface area (Å²) in [5.74, 6) is -0.672. The van der Waals surface area contributed by atoms with E-state index in [1.165, 1.54) is 11.8 Å². The van der Waals surface area contributed by atoms with Crippen LogP contribution in [0.5, 0.6) is 0 Å². The Labute approximate surface area is 192 Å². The zero-order valence-electron chi connectivity index (χ0n) is 18.1. The van der Waals surface area contributed by atoms with Crippen molar-refractivity contribution in [2.24, 2.45) is 7.05 Å². The molecule has 0 saturated carbocycles. The number of aromatic nitrogens is 5. The number of fused-ring (bicyclic) bond motifs is 3. The van der Waals surface area contributed by atoms with Gasteiger partial charge in [0.2, 0.25) is 11.1 Å². The lowest BCUT2D eigenvalue weighted by atomic mass is 10.2. The summed E-state index contributed by atoms with van der Waals surface area (Å²) < 4.78 is 7.00. The van der Waals surface area contributed by atoms with E-state index in [-0.39, 0.29) is 12.5 Å². The number of hydrogen-bond acceptors (Lipinski definition) is 9. The molecule has 32 heavy (non-hydrogen) atoms. The van der Waals surface area contributed by atoms with Crippen LogP contribution in [0.4, 0.5) is 5.13 Å². The van der Waals surface area contributed by atoms with Crippen LogP contribution in [-0.4, -0.2) is 48.5 Å². The van der Waals surface area contributed by atoms with Crippen LogP contribution in [-0.2, 0) is 16.6 Å². The third-order valence-corrected chi connectivity index (χ3v) is 7.15. The minimum absolute atomic E-state index is 0.234. The number of esters is 1. The molecular formula is C21H22N6O3S2. The molecule has 0 spiro atoms. The van der Waals surface area contributed by atoms with Crippen molar-refractivity contribution >= 4 is 62.2 Å². The SMILES string of the molecule is CCOC(=O)c1sc(NC(=O)[C@H](CC)Sc2nnc3c4ccccc4n(C)c3n2)nc1C. The van der Waals surface area contributed by atoms with E-state index in [4.69, 9.17) is 4.74 Å². The molecule has 4 rings (SSSR count). The van der Waals surface area contributed by atoms with Crippen molar-refractivity contribution in [3.05, 3.63) is 34.8 Å². The van der Waals surface area contributed by atoms with E-state index in [0.29, 0.717) is 32.9 Å². The highest BCUT2D eigenvalue weighted by molar-refractivity contribution is 8.00. The van der Waals surface area contributed by atoms with Gasteiger partial charge >= 0.3 is 5.97 Å². The molecule has 0 radical (unpaired) electrons. The van der Waals surface area contributed by atoms with Crippen molar-refractivity contribution in [2.45, 2.75) is 37.6 Å². The number of anilines is 1. The fourth-order valence-corrected chi connectivity index (χ4v) is 4.99. The zero-order chi connectivity index (χ0) is 22.8. The van der Waals surface area contributed by atoms with E-state index in [0.717, 1.165) is 27.8 Å². The smallest absolute Gasteiger partial charge is 0.350 e. The van der Waals surface area contributed by atoms with Crippen LogP contribution in [0.3, 0.4) is 0 Å². The van der Waals surface area contributed by atoms with Crippen LogP contribution in [0, 0.1) is 6.92 Å². The highest BCUT2D eigenvalue weighted by Gasteiger charge is 2.24. The number of thiazole rings is 1. The first-order valence-corrected chi connectivity index (χ1v) is 11.8. The summed E-state index contributed by atoms with van der Waals surface area (Å²) in [5.41, 5.74) is 2.99. The Morgan fingerprint density at radius 1 is 1.22 bits per heavy atom. The Morgan fingerprint density at radius 3 is 2.75 bits per heavy atom. The van der Waals surface area contributed by atoms with E-state index in [1.807, 2.05) is 42.8 Å². The Balaban J connectivity index is 1.53. The Hall–Kier alpha value is -3.05. The van der Waals surface area contributed by atoms with Gasteiger partial charge in [-0.1, -0.05) is 48.2 Å². The molecule has 3 heterocycles. The largest absolute Gasteiger partial charge is 0.462 e. The van der Waals surface area contributed by atoms with Crippen molar-refractivity contribution in [3.63, 3.8) is 0 Å². The number of nitrogens with one attached hydrogen (secondary N) is 1. The maximum absolute atomic E-state index is 12.9. The van der Waals surface area contributed by atoms with E-state index in [9.17, 15) is 9.59 Å². The summed E-state index contributed by atoms with van der Waals surface area (Å²) >= 11 is 2.35. The summed E-state index contributed by atoms with van der Waals surface area (Å²) in [6, 6.07) is 7.92. The molecule has 0 saturated heterocycles. The van der Waals surface area contributed by atoms with Gasteiger partial charge in [0.1, 0.15) is 10.4 Å². The summed E-state index contributed by atoms with van der Waals surface area (Å²) in [6.45, 7) is 5.65. The van der Waals surface area contributed by atoms with Gasteiger partial charge in [0.05, 0.1) is 23.1 Å². The van der Waals surface area contributed by atoms with Gasteiger partial charge in [-0.05, 0) is 26.3 Å². The lowest BCUT2D eigenvalue weighted by Gasteiger charge is -2.12. The molecule has 1 aromatic carbocycles. The van der Waals surface area contributed by atoms with E-state index < -0.39 is 11.2 Å². The molecule has 0 aliphatic heterocycles. The minimum atomic E-state index is -0.445. The standard InChI is InChI=1S/C21H22N6O3S2/c1-5-14(18(28)24-20-22-11(3)16(32-20)19(29)30-6-2)31-21-23-17-15(25-26-21)12-9-7-8-10-13(12)27(17)4/h7-10,14H,5-6H2,1-4H3,(H,22,24,28)/t14-/m0/s1. The van der Waals surface area contributed by atoms with Crippen LogP contribution < -0.4 is 5.32 Å². The predicted octanol–water partition coefficient (Wildman–Crippen LogP) is 3.97. The average Bonchev–Trinajstić information content (AvgIpc) is 3.29. The number of ether oxygens (including phenoxy) is 1. The van der Waals surface area contributed by atoms with Crippen molar-refractivity contribution in [2.75, 3.05) is 11.9 Å². The number of benzene rings is 1. The van der Waals surface area contributed by atoms with Crippen molar-refractivity contribution in [1.29, 1.82) is 0 Å². The number of carbonyl (C=O) groups excluding carboxylic acids is 2. The minimum Gasteiger partial charge on any atom is -0.462 e. The fourth-order valence-electron chi connectivity index (χ4n) is 3.31. The lowest BCUT2D eigenvalue weighted by Crippen LogP contribution is -2.24. The van der Waals surface area contributed by atoms with Gasteiger partial charge in [0, 0.05) is 12.4 Å². The molecule has 0 aliphatic carbocycles. The third-order valence-electron chi connectivity index (χ3n) is 4.89. The van der Waals surface area contributed by atoms with Crippen molar-refractivity contribution in [3.8, 4) is 0 Å². The second kappa shape index (κ2) is 9.21. The third kappa shape index (κ3) is 4.17. The molecule has 4 aromatic rings. The second-order valence-corrected chi connectivity index (χ2v) is 9.17. The fraction of sp³-hybridized carbons (Fsp3) is 0.333. The highest BCUT2D eigenvalue weighted by Crippen LogP contribution is 2.29. The molecule has 166 valence electrons. The van der Waals surface area contributed by atoms with Gasteiger partial charge < -0.3 is 14.6 Å². The molecule has 1 amide bonds. The van der Waals surface area contributed by atoms with Crippen LogP contribution in [0.25, 0.3) is 22.1 Å². The maximum Gasteiger partial charge on any atom is 0.350 e. The van der Waals surface area contributed by atoms with Crippen LogP contribution >= 0.6 is 23.1 Å². The van der Waals surface area contributed by atoms with Crippen LogP contribution in [0.15, 0.2) is 29.4 Å². The van der Waals surface area contributed by atoms with Gasteiger partial charge in [-0.25, -0.2) is 14.8 Å². The predicted molar refractivity (Wildman–Crippen MR) is 125 cm³/mol. The first-order valence-electron chi connectivity index (χ1n) is 10.1. The summed E-state index contributed by atoms with van der Waals surface area (Å²) in [7, 11) is 1.93. The summed E-state index contributed by atoms with van der Waals surface area (Å²) in [4.78, 5) is 34.2. The quantitative estimate of drug-likeness (QED) is 0.319. The van der Waals surface area contributed by atoms with E-state index in [1.54, 1.807) is 13.8 Å². The number of rotatable bonds is 7. The molecule has 11 heteroatoms. The first-order chi connectivity index (χ1) is 15.4. The highest BCUT2D eigenvalue weighted by atomic mass is 32.2. The molecule has 0 unspecified atom stereocenters.